The van der Waals surface area contributed by atoms with Gasteiger partial charge in [0.1, 0.15) is 17.1 Å². The largest absolute Gasteiger partial charge is 0.496 e. The highest BCUT2D eigenvalue weighted by atomic mass is 19.1. The Labute approximate surface area is 117 Å². The van der Waals surface area contributed by atoms with Crippen LogP contribution >= 0.6 is 0 Å². The van der Waals surface area contributed by atoms with Crippen LogP contribution in [0.15, 0.2) is 18.2 Å². The van der Waals surface area contributed by atoms with Gasteiger partial charge in [0, 0.05) is 12.6 Å². The third-order valence-electron chi connectivity index (χ3n) is 3.47. The molecule has 0 radical (unpaired) electrons. The average molecular weight is 282 g/mol. The van der Waals surface area contributed by atoms with Crippen LogP contribution in [-0.2, 0) is 4.74 Å². The van der Waals surface area contributed by atoms with Gasteiger partial charge in [-0.05, 0) is 25.5 Å². The highest BCUT2D eigenvalue weighted by Gasteiger charge is 2.41. The van der Waals surface area contributed by atoms with E-state index in [0.29, 0.717) is 13.0 Å². The van der Waals surface area contributed by atoms with E-state index in [-0.39, 0.29) is 29.5 Å². The lowest BCUT2D eigenvalue weighted by molar-refractivity contribution is -0.0301. The maximum Gasteiger partial charge on any atom is 0.258 e. The van der Waals surface area contributed by atoms with E-state index >= 15 is 0 Å². The Kier molecular flexibility index (Phi) is 4.57. The summed E-state index contributed by atoms with van der Waals surface area (Å²) in [5, 5.41) is 2.72. The van der Waals surface area contributed by atoms with Crippen molar-refractivity contribution in [3.05, 3.63) is 29.6 Å². The van der Waals surface area contributed by atoms with Gasteiger partial charge in [-0.1, -0.05) is 6.07 Å². The van der Waals surface area contributed by atoms with E-state index in [0.717, 1.165) is 0 Å². The number of ether oxygens (including phenoxy) is 2. The topological polar surface area (TPSA) is 73.6 Å². The molecule has 1 aromatic carbocycles. The van der Waals surface area contributed by atoms with Crippen molar-refractivity contribution in [2.24, 2.45) is 5.73 Å². The minimum Gasteiger partial charge on any atom is -0.496 e. The van der Waals surface area contributed by atoms with Gasteiger partial charge in [-0.3, -0.25) is 4.79 Å². The average Bonchev–Trinajstić information content (AvgIpc) is 2.44. The smallest absolute Gasteiger partial charge is 0.258 e. The zero-order chi connectivity index (χ0) is 14.7. The lowest BCUT2D eigenvalue weighted by Crippen LogP contribution is -2.64. The maximum atomic E-state index is 13.8. The number of methoxy groups -OCH3 is 1. The number of benzene rings is 1. The lowest BCUT2D eigenvalue weighted by Gasteiger charge is -2.42. The van der Waals surface area contributed by atoms with Crippen LogP contribution in [0.25, 0.3) is 0 Å². The van der Waals surface area contributed by atoms with Crippen LogP contribution in [0.2, 0.25) is 0 Å². The normalized spacial score (nSPS) is 24.9. The Morgan fingerprint density at radius 1 is 1.55 bits per heavy atom. The second-order valence-electron chi connectivity index (χ2n) is 4.71. The molecule has 0 saturated heterocycles. The molecule has 1 aliphatic carbocycles. The first-order valence-corrected chi connectivity index (χ1v) is 6.59. The molecule has 2 rings (SSSR count). The molecule has 1 amide bonds. The number of halogens is 1. The quantitative estimate of drug-likeness (QED) is 0.847. The highest BCUT2D eigenvalue weighted by Crippen LogP contribution is 2.25. The molecule has 1 aliphatic rings. The third kappa shape index (κ3) is 2.76. The van der Waals surface area contributed by atoms with Gasteiger partial charge in [0.15, 0.2) is 0 Å². The monoisotopic (exact) mass is 282 g/mol. The highest BCUT2D eigenvalue weighted by molar-refractivity contribution is 5.97. The maximum absolute atomic E-state index is 13.8. The molecule has 0 spiro atoms. The number of amides is 1. The fourth-order valence-corrected chi connectivity index (χ4v) is 2.35. The Morgan fingerprint density at radius 3 is 2.90 bits per heavy atom. The van der Waals surface area contributed by atoms with Crippen LogP contribution < -0.4 is 15.8 Å². The van der Waals surface area contributed by atoms with Gasteiger partial charge in [0.25, 0.3) is 5.91 Å². The first kappa shape index (κ1) is 14.7. The molecule has 0 aromatic heterocycles. The fourth-order valence-electron chi connectivity index (χ4n) is 2.35. The van der Waals surface area contributed by atoms with Gasteiger partial charge in [0.05, 0.1) is 19.3 Å². The lowest BCUT2D eigenvalue weighted by atomic mass is 9.83. The van der Waals surface area contributed by atoms with Crippen LogP contribution in [0.1, 0.15) is 23.7 Å². The Balaban J connectivity index is 2.12. The molecule has 1 aromatic rings. The van der Waals surface area contributed by atoms with E-state index in [2.05, 4.69) is 5.32 Å². The Bertz CT molecular complexity index is 493. The van der Waals surface area contributed by atoms with Gasteiger partial charge in [-0.15, -0.1) is 0 Å². The molecule has 5 nitrogen and oxygen atoms in total. The van der Waals surface area contributed by atoms with E-state index in [1.807, 2.05) is 6.92 Å². The standard InChI is InChI=1S/C14H19FN2O3/c1-3-20-11-7-9(16)13(11)17-14(18)12-8(15)5-4-6-10(12)19-2/h4-6,9,11,13H,3,7,16H2,1-2H3,(H,17,18). The summed E-state index contributed by atoms with van der Waals surface area (Å²) in [5.41, 5.74) is 5.75. The van der Waals surface area contributed by atoms with Gasteiger partial charge in [-0.2, -0.15) is 0 Å². The van der Waals surface area contributed by atoms with Gasteiger partial charge in [0.2, 0.25) is 0 Å². The first-order valence-electron chi connectivity index (χ1n) is 6.59. The number of hydrogen-bond acceptors (Lipinski definition) is 4. The molecule has 3 atom stereocenters. The zero-order valence-electron chi connectivity index (χ0n) is 11.6. The van der Waals surface area contributed by atoms with E-state index in [1.165, 1.54) is 19.2 Å². The van der Waals surface area contributed by atoms with Crippen molar-refractivity contribution in [1.82, 2.24) is 5.32 Å². The first-order chi connectivity index (χ1) is 9.58. The number of nitrogens with two attached hydrogens (primary N) is 1. The van der Waals surface area contributed by atoms with E-state index in [9.17, 15) is 9.18 Å². The van der Waals surface area contributed by atoms with Crippen LogP contribution in [0.3, 0.4) is 0 Å². The molecule has 0 heterocycles. The van der Waals surface area contributed by atoms with Crippen molar-refractivity contribution in [1.29, 1.82) is 0 Å². The summed E-state index contributed by atoms with van der Waals surface area (Å²) in [5.74, 6) is -0.962. The molecule has 0 bridgehead atoms. The van der Waals surface area contributed by atoms with E-state index in [4.69, 9.17) is 15.2 Å². The predicted molar refractivity (Wildman–Crippen MR) is 72.2 cm³/mol. The SMILES string of the molecule is CCOC1CC(N)C1NC(=O)c1c(F)cccc1OC. The summed E-state index contributed by atoms with van der Waals surface area (Å²) in [6.45, 7) is 2.43. The zero-order valence-corrected chi connectivity index (χ0v) is 11.6. The number of carbonyl (C=O) groups is 1. The van der Waals surface area contributed by atoms with Crippen LogP contribution in [0.4, 0.5) is 4.39 Å². The number of rotatable bonds is 5. The predicted octanol–water partition coefficient (Wildman–Crippen LogP) is 1.07. The van der Waals surface area contributed by atoms with Crippen LogP contribution in [0.5, 0.6) is 5.75 Å². The van der Waals surface area contributed by atoms with Crippen molar-refractivity contribution < 1.29 is 18.7 Å². The molecule has 0 aliphatic heterocycles. The van der Waals surface area contributed by atoms with Crippen LogP contribution in [0, 0.1) is 5.82 Å². The molecule has 110 valence electrons. The van der Waals surface area contributed by atoms with Crippen molar-refractivity contribution in [2.45, 2.75) is 31.5 Å². The Hall–Kier alpha value is -1.66. The molecule has 6 heteroatoms. The molecule has 3 unspecified atom stereocenters. The van der Waals surface area contributed by atoms with Crippen molar-refractivity contribution in [3.63, 3.8) is 0 Å². The second-order valence-corrected chi connectivity index (χ2v) is 4.71. The third-order valence-corrected chi connectivity index (χ3v) is 3.47. The van der Waals surface area contributed by atoms with Gasteiger partial charge >= 0.3 is 0 Å². The number of nitrogens with one attached hydrogen (secondary N) is 1. The van der Waals surface area contributed by atoms with E-state index in [1.54, 1.807) is 6.07 Å². The summed E-state index contributed by atoms with van der Waals surface area (Å²) in [7, 11) is 1.39. The summed E-state index contributed by atoms with van der Waals surface area (Å²) < 4.78 is 24.3. The number of carbonyl (C=O) groups excluding carboxylic acids is 1. The van der Waals surface area contributed by atoms with Crippen molar-refractivity contribution in [3.8, 4) is 5.75 Å². The Morgan fingerprint density at radius 2 is 2.30 bits per heavy atom. The molecule has 3 N–H and O–H groups in total. The molecule has 1 saturated carbocycles. The summed E-state index contributed by atoms with van der Waals surface area (Å²) >= 11 is 0. The molecule has 20 heavy (non-hydrogen) atoms. The second kappa shape index (κ2) is 6.19. The summed E-state index contributed by atoms with van der Waals surface area (Å²) in [6.07, 6.45) is 0.574. The van der Waals surface area contributed by atoms with Gasteiger partial charge < -0.3 is 20.5 Å². The van der Waals surface area contributed by atoms with E-state index < -0.39 is 11.7 Å². The molecular weight excluding hydrogens is 263 g/mol. The summed E-state index contributed by atoms with van der Waals surface area (Å²) in [6, 6.07) is 3.78. The summed E-state index contributed by atoms with van der Waals surface area (Å²) in [4.78, 5) is 12.2. The molecule has 1 fully saturated rings. The number of hydrogen-bond donors (Lipinski definition) is 2. The molecular formula is C14H19FN2O3. The minimum atomic E-state index is -0.622. The van der Waals surface area contributed by atoms with Crippen molar-refractivity contribution in [2.75, 3.05) is 13.7 Å². The van der Waals surface area contributed by atoms with Crippen LogP contribution in [-0.4, -0.2) is 37.8 Å². The minimum absolute atomic E-state index is 0.107. The van der Waals surface area contributed by atoms with Gasteiger partial charge in [-0.25, -0.2) is 4.39 Å². The fraction of sp³-hybridized carbons (Fsp3) is 0.500. The van der Waals surface area contributed by atoms with Crippen molar-refractivity contribution >= 4 is 5.91 Å².